The Morgan fingerprint density at radius 3 is 2.44 bits per heavy atom. The maximum absolute atomic E-state index is 13.1. The highest BCUT2D eigenvalue weighted by atomic mass is 32.2. The molecule has 41 heavy (non-hydrogen) atoms. The molecule has 10 nitrogen and oxygen atoms in total. The second-order valence-corrected chi connectivity index (χ2v) is 12.9. The highest BCUT2D eigenvalue weighted by molar-refractivity contribution is 7.82. The predicted octanol–water partition coefficient (Wildman–Crippen LogP) is 2.65. The van der Waals surface area contributed by atoms with E-state index in [1.807, 2.05) is 17.3 Å². The summed E-state index contributed by atoms with van der Waals surface area (Å²) >= 11 is 0. The quantitative estimate of drug-likeness (QED) is 0.423. The molecule has 3 aliphatic heterocycles. The van der Waals surface area contributed by atoms with E-state index in [0.29, 0.717) is 56.1 Å². The van der Waals surface area contributed by atoms with Crippen molar-refractivity contribution in [3.63, 3.8) is 0 Å². The molecule has 226 valence electrons. The fraction of sp³-hybridized carbons (Fsp3) is 0.643. The SMILES string of the molecule is Cc1cc(N2C(=O)CNC2=O)ccc1CCS(=O)N1CCC2(CC1)N=C(C1CCC(CCC(F)F)CC1)NC2=O.O. The summed E-state index contributed by atoms with van der Waals surface area (Å²) in [4.78, 5) is 42.9. The first-order valence-electron chi connectivity index (χ1n) is 14.2. The summed E-state index contributed by atoms with van der Waals surface area (Å²) in [6, 6.07) is 4.99. The minimum atomic E-state index is -2.24. The first-order chi connectivity index (χ1) is 19.1. The summed E-state index contributed by atoms with van der Waals surface area (Å²) in [5.74, 6) is 1.32. The summed E-state index contributed by atoms with van der Waals surface area (Å²) in [5, 5.41) is 5.54. The highest BCUT2D eigenvalue weighted by Gasteiger charge is 2.47. The van der Waals surface area contributed by atoms with Gasteiger partial charge in [0, 0.05) is 31.2 Å². The van der Waals surface area contributed by atoms with Gasteiger partial charge in [-0.15, -0.1) is 0 Å². The van der Waals surface area contributed by atoms with Gasteiger partial charge in [0.2, 0.25) is 6.43 Å². The zero-order chi connectivity index (χ0) is 28.4. The van der Waals surface area contributed by atoms with Crippen molar-refractivity contribution in [2.24, 2.45) is 16.8 Å². The third kappa shape index (κ3) is 6.83. The summed E-state index contributed by atoms with van der Waals surface area (Å²) in [6.07, 6.45) is 3.38. The molecule has 1 aromatic rings. The Morgan fingerprint density at radius 1 is 1.12 bits per heavy atom. The van der Waals surface area contributed by atoms with Crippen LogP contribution < -0.4 is 15.5 Å². The number of carbonyl (C=O) groups excluding carboxylic acids is 3. The van der Waals surface area contributed by atoms with Gasteiger partial charge in [0.25, 0.3) is 11.8 Å². The Labute approximate surface area is 241 Å². The largest absolute Gasteiger partial charge is 0.412 e. The molecule has 3 heterocycles. The van der Waals surface area contributed by atoms with E-state index in [9.17, 15) is 27.4 Å². The lowest BCUT2D eigenvalue weighted by atomic mass is 9.79. The number of hydrogen-bond acceptors (Lipinski definition) is 5. The van der Waals surface area contributed by atoms with Gasteiger partial charge in [0.15, 0.2) is 0 Å². The number of amidine groups is 1. The lowest BCUT2D eigenvalue weighted by molar-refractivity contribution is -0.125. The number of carbonyl (C=O) groups is 3. The average molecular weight is 596 g/mol. The molecule has 0 radical (unpaired) electrons. The minimum Gasteiger partial charge on any atom is -0.412 e. The second-order valence-electron chi connectivity index (χ2n) is 11.4. The van der Waals surface area contributed by atoms with E-state index in [2.05, 4.69) is 10.6 Å². The molecule has 4 aliphatic rings. The van der Waals surface area contributed by atoms with E-state index in [4.69, 9.17) is 4.99 Å². The van der Waals surface area contributed by atoms with Crippen LogP contribution in [0.3, 0.4) is 0 Å². The van der Waals surface area contributed by atoms with Gasteiger partial charge in [0.1, 0.15) is 11.4 Å². The molecule has 0 bridgehead atoms. The summed E-state index contributed by atoms with van der Waals surface area (Å²) in [7, 11) is -1.21. The van der Waals surface area contributed by atoms with Gasteiger partial charge in [-0.25, -0.2) is 27.0 Å². The van der Waals surface area contributed by atoms with Crippen molar-refractivity contribution in [2.45, 2.75) is 76.7 Å². The Hall–Kier alpha value is -2.77. The van der Waals surface area contributed by atoms with Crippen molar-refractivity contribution in [2.75, 3.05) is 30.3 Å². The maximum Gasteiger partial charge on any atom is 0.329 e. The monoisotopic (exact) mass is 595 g/mol. The van der Waals surface area contributed by atoms with Crippen molar-refractivity contribution >= 4 is 40.4 Å². The summed E-state index contributed by atoms with van der Waals surface area (Å²) in [6.45, 7) is 2.94. The number of hydrogen-bond donors (Lipinski definition) is 2. The third-order valence-corrected chi connectivity index (χ3v) is 10.3. The summed E-state index contributed by atoms with van der Waals surface area (Å²) < 4.78 is 40.1. The zero-order valence-corrected chi connectivity index (χ0v) is 24.1. The van der Waals surface area contributed by atoms with Crippen molar-refractivity contribution in [3.8, 4) is 0 Å². The molecule has 13 heteroatoms. The van der Waals surface area contributed by atoms with Gasteiger partial charge in [-0.05, 0) is 87.5 Å². The number of anilines is 1. The van der Waals surface area contributed by atoms with Gasteiger partial charge >= 0.3 is 6.03 Å². The molecule has 1 saturated carbocycles. The summed E-state index contributed by atoms with van der Waals surface area (Å²) in [5.41, 5.74) is 1.66. The number of rotatable bonds is 9. The number of nitrogens with one attached hydrogen (secondary N) is 2. The number of amides is 4. The fourth-order valence-electron chi connectivity index (χ4n) is 6.33. The van der Waals surface area contributed by atoms with Crippen LogP contribution in [0, 0.1) is 18.8 Å². The zero-order valence-electron chi connectivity index (χ0n) is 23.3. The normalized spacial score (nSPS) is 25.2. The number of nitrogens with zero attached hydrogens (tertiary/aromatic N) is 3. The molecule has 1 aliphatic carbocycles. The van der Waals surface area contributed by atoms with E-state index in [-0.39, 0.29) is 36.2 Å². The number of piperidine rings is 1. The Kier molecular flexibility index (Phi) is 9.91. The van der Waals surface area contributed by atoms with Gasteiger partial charge in [-0.2, -0.15) is 0 Å². The van der Waals surface area contributed by atoms with Gasteiger partial charge in [-0.1, -0.05) is 6.07 Å². The van der Waals surface area contributed by atoms with E-state index in [1.165, 1.54) is 0 Å². The van der Waals surface area contributed by atoms with Gasteiger partial charge in [-0.3, -0.25) is 14.6 Å². The number of halogens is 2. The van der Waals surface area contributed by atoms with Crippen LogP contribution in [0.4, 0.5) is 19.3 Å². The van der Waals surface area contributed by atoms with Crippen LogP contribution in [0.2, 0.25) is 0 Å². The number of urea groups is 1. The first-order valence-corrected chi connectivity index (χ1v) is 15.5. The highest BCUT2D eigenvalue weighted by Crippen LogP contribution is 2.37. The molecule has 4 N–H and O–H groups in total. The van der Waals surface area contributed by atoms with Crippen LogP contribution in [-0.4, -0.2) is 75.0 Å². The van der Waals surface area contributed by atoms with E-state index in [0.717, 1.165) is 47.5 Å². The number of aryl methyl sites for hydroxylation is 2. The molecule has 4 amide bonds. The number of benzene rings is 1. The minimum absolute atomic E-state index is 0. The molecule has 1 spiro atoms. The first kappa shape index (κ1) is 31.2. The molecular formula is C28H39F2N5O5S. The second kappa shape index (κ2) is 13.0. The molecule has 0 aromatic heterocycles. The molecule has 1 aromatic carbocycles. The molecule has 2 saturated heterocycles. The van der Waals surface area contributed by atoms with E-state index < -0.39 is 29.0 Å². The van der Waals surface area contributed by atoms with Crippen LogP contribution in [0.15, 0.2) is 23.2 Å². The van der Waals surface area contributed by atoms with Crippen molar-refractivity contribution < 1.29 is 32.8 Å². The fourth-order valence-corrected chi connectivity index (χ4v) is 7.57. The Bertz CT molecular complexity index is 1200. The van der Waals surface area contributed by atoms with Crippen molar-refractivity contribution in [1.29, 1.82) is 0 Å². The maximum atomic E-state index is 13.1. The van der Waals surface area contributed by atoms with Crippen LogP contribution >= 0.6 is 0 Å². The van der Waals surface area contributed by atoms with Crippen LogP contribution in [0.5, 0.6) is 0 Å². The molecule has 1 unspecified atom stereocenters. The number of imide groups is 1. The van der Waals surface area contributed by atoms with Crippen LogP contribution in [0.1, 0.15) is 62.5 Å². The third-order valence-electron chi connectivity index (χ3n) is 8.84. The topological polar surface area (TPSA) is 143 Å². The molecule has 1 atom stereocenters. The van der Waals surface area contributed by atoms with Gasteiger partial charge < -0.3 is 16.1 Å². The van der Waals surface area contributed by atoms with Crippen LogP contribution in [-0.2, 0) is 27.0 Å². The number of aliphatic imine (C=N–C) groups is 1. The predicted molar refractivity (Wildman–Crippen MR) is 152 cm³/mol. The van der Waals surface area contributed by atoms with Crippen LogP contribution in [0.25, 0.3) is 0 Å². The Morgan fingerprint density at radius 2 is 1.83 bits per heavy atom. The van der Waals surface area contributed by atoms with E-state index >= 15 is 0 Å². The average Bonchev–Trinajstić information content (AvgIpc) is 3.44. The standard InChI is InChI=1S/C28H37F2N5O4S.H2O/c1-18-16-22(35-24(36)17-31-27(35)38)8-7-20(18)10-15-40(39)34-13-11-28(12-14-34)26(37)32-25(33-28)21-5-2-19(3-6-21)4-9-23(29)30;/h7-8,16,19,21,23H,2-6,9-15,17H2,1H3,(H,31,38)(H,32,33,37);1H2. The Balaban J connectivity index is 0.00000387. The molecular weight excluding hydrogens is 556 g/mol. The molecule has 5 rings (SSSR count). The van der Waals surface area contributed by atoms with Gasteiger partial charge in [0.05, 0.1) is 23.2 Å². The lowest BCUT2D eigenvalue weighted by Crippen LogP contribution is -2.49. The number of alkyl halides is 2. The van der Waals surface area contributed by atoms with E-state index in [1.54, 1.807) is 12.1 Å². The molecule has 3 fully saturated rings. The lowest BCUT2D eigenvalue weighted by Gasteiger charge is -2.34. The van der Waals surface area contributed by atoms with Crippen molar-refractivity contribution in [1.82, 2.24) is 14.9 Å². The smallest absolute Gasteiger partial charge is 0.329 e. The van der Waals surface area contributed by atoms with Crippen molar-refractivity contribution in [3.05, 3.63) is 29.3 Å².